The maximum Gasteiger partial charge on any atom is 0.123 e. The number of halogens is 2. The first-order valence-corrected chi connectivity index (χ1v) is 5.88. The second-order valence-electron chi connectivity index (χ2n) is 3.57. The summed E-state index contributed by atoms with van der Waals surface area (Å²) in [6, 6.07) is 14.1. The second kappa shape index (κ2) is 5.69. The van der Waals surface area contributed by atoms with Crippen LogP contribution in [-0.2, 0) is 0 Å². The average molecular weight is 251 g/mol. The molecular formula is C14H12ClFO. The van der Waals surface area contributed by atoms with Gasteiger partial charge in [0.1, 0.15) is 18.2 Å². The second-order valence-corrected chi connectivity index (χ2v) is 3.95. The lowest BCUT2D eigenvalue weighted by Gasteiger charge is -2.05. The van der Waals surface area contributed by atoms with E-state index in [2.05, 4.69) is 0 Å². The predicted molar refractivity (Wildman–Crippen MR) is 68.1 cm³/mol. The molecule has 0 saturated heterocycles. The van der Waals surface area contributed by atoms with Crippen LogP contribution in [0.2, 0.25) is 0 Å². The lowest BCUT2D eigenvalue weighted by Crippen LogP contribution is -1.97. The lowest BCUT2D eigenvalue weighted by atomic mass is 10.1. The molecule has 2 aromatic carbocycles. The SMILES string of the molecule is Fc1ccc(-c2ccc(OCCCl)cc2)cc1. The molecule has 17 heavy (non-hydrogen) atoms. The molecule has 0 radical (unpaired) electrons. The van der Waals surface area contributed by atoms with E-state index in [1.807, 2.05) is 24.3 Å². The molecule has 0 spiro atoms. The van der Waals surface area contributed by atoms with Crippen molar-refractivity contribution in [2.45, 2.75) is 0 Å². The fourth-order valence-electron chi connectivity index (χ4n) is 1.54. The van der Waals surface area contributed by atoms with E-state index < -0.39 is 0 Å². The Hall–Kier alpha value is -1.54. The van der Waals surface area contributed by atoms with E-state index in [0.29, 0.717) is 12.5 Å². The number of hydrogen-bond donors (Lipinski definition) is 0. The molecular weight excluding hydrogens is 239 g/mol. The molecule has 3 heteroatoms. The van der Waals surface area contributed by atoms with Gasteiger partial charge in [0, 0.05) is 0 Å². The van der Waals surface area contributed by atoms with E-state index in [-0.39, 0.29) is 5.82 Å². The van der Waals surface area contributed by atoms with Crippen molar-refractivity contribution in [2.24, 2.45) is 0 Å². The van der Waals surface area contributed by atoms with Gasteiger partial charge < -0.3 is 4.74 Å². The highest BCUT2D eigenvalue weighted by atomic mass is 35.5. The van der Waals surface area contributed by atoms with Crippen molar-refractivity contribution in [3.05, 3.63) is 54.3 Å². The Balaban J connectivity index is 2.14. The molecule has 0 aliphatic heterocycles. The molecule has 0 amide bonds. The molecule has 0 aliphatic rings. The van der Waals surface area contributed by atoms with Crippen molar-refractivity contribution < 1.29 is 9.13 Å². The summed E-state index contributed by atoms with van der Waals surface area (Å²) in [6.07, 6.45) is 0. The van der Waals surface area contributed by atoms with Gasteiger partial charge in [0.2, 0.25) is 0 Å². The largest absolute Gasteiger partial charge is 0.492 e. The molecule has 0 atom stereocenters. The molecule has 0 heterocycles. The van der Waals surface area contributed by atoms with Crippen LogP contribution in [0.15, 0.2) is 48.5 Å². The Labute approximate surface area is 105 Å². The molecule has 0 aromatic heterocycles. The van der Waals surface area contributed by atoms with Gasteiger partial charge in [0.15, 0.2) is 0 Å². The zero-order valence-corrected chi connectivity index (χ0v) is 9.95. The topological polar surface area (TPSA) is 9.23 Å². The van der Waals surface area contributed by atoms with Gasteiger partial charge in [-0.15, -0.1) is 11.6 Å². The maximum absolute atomic E-state index is 12.8. The van der Waals surface area contributed by atoms with Crippen LogP contribution in [0.3, 0.4) is 0 Å². The summed E-state index contributed by atoms with van der Waals surface area (Å²) >= 11 is 5.53. The van der Waals surface area contributed by atoms with Gasteiger partial charge in [-0.2, -0.15) is 0 Å². The molecule has 0 N–H and O–H groups in total. The molecule has 0 unspecified atom stereocenters. The Bertz CT molecular complexity index is 465. The number of benzene rings is 2. The van der Waals surface area contributed by atoms with Crippen LogP contribution in [0.4, 0.5) is 4.39 Å². The first-order valence-electron chi connectivity index (χ1n) is 5.34. The number of ether oxygens (including phenoxy) is 1. The van der Waals surface area contributed by atoms with E-state index in [1.165, 1.54) is 12.1 Å². The Morgan fingerprint density at radius 1 is 0.882 bits per heavy atom. The summed E-state index contributed by atoms with van der Waals surface area (Å²) in [4.78, 5) is 0. The third-order valence-electron chi connectivity index (χ3n) is 2.38. The number of alkyl halides is 1. The molecule has 2 aromatic rings. The first kappa shape index (κ1) is 11.9. The highest BCUT2D eigenvalue weighted by molar-refractivity contribution is 6.18. The van der Waals surface area contributed by atoms with Crippen molar-refractivity contribution in [2.75, 3.05) is 12.5 Å². The van der Waals surface area contributed by atoms with Crippen molar-refractivity contribution >= 4 is 11.6 Å². The van der Waals surface area contributed by atoms with Crippen LogP contribution in [-0.4, -0.2) is 12.5 Å². The number of rotatable bonds is 4. The van der Waals surface area contributed by atoms with Gasteiger partial charge >= 0.3 is 0 Å². The van der Waals surface area contributed by atoms with Crippen molar-refractivity contribution in [1.29, 1.82) is 0 Å². The predicted octanol–water partition coefficient (Wildman–Crippen LogP) is 4.11. The Morgan fingerprint density at radius 2 is 1.41 bits per heavy atom. The van der Waals surface area contributed by atoms with Crippen molar-refractivity contribution in [3.8, 4) is 16.9 Å². The van der Waals surface area contributed by atoms with E-state index in [1.54, 1.807) is 12.1 Å². The van der Waals surface area contributed by atoms with Crippen molar-refractivity contribution in [3.63, 3.8) is 0 Å². The van der Waals surface area contributed by atoms with Crippen LogP contribution in [0, 0.1) is 5.82 Å². The molecule has 0 saturated carbocycles. The lowest BCUT2D eigenvalue weighted by molar-refractivity contribution is 0.343. The minimum absolute atomic E-state index is 0.226. The van der Waals surface area contributed by atoms with E-state index in [0.717, 1.165) is 16.9 Å². The third-order valence-corrected chi connectivity index (χ3v) is 2.53. The quantitative estimate of drug-likeness (QED) is 0.742. The molecule has 1 nitrogen and oxygen atoms in total. The minimum atomic E-state index is -0.226. The number of hydrogen-bond acceptors (Lipinski definition) is 1. The summed E-state index contributed by atoms with van der Waals surface area (Å²) in [5.41, 5.74) is 2.01. The average Bonchev–Trinajstić information content (AvgIpc) is 2.38. The van der Waals surface area contributed by atoms with Crippen molar-refractivity contribution in [1.82, 2.24) is 0 Å². The Morgan fingerprint density at radius 3 is 1.94 bits per heavy atom. The summed E-state index contributed by atoms with van der Waals surface area (Å²) < 4.78 is 18.1. The summed E-state index contributed by atoms with van der Waals surface area (Å²) in [6.45, 7) is 0.497. The van der Waals surface area contributed by atoms with Gasteiger partial charge in [0.25, 0.3) is 0 Å². The van der Waals surface area contributed by atoms with E-state index in [9.17, 15) is 4.39 Å². The van der Waals surface area contributed by atoms with Crippen LogP contribution in [0.5, 0.6) is 5.75 Å². The van der Waals surface area contributed by atoms with Gasteiger partial charge in [-0.25, -0.2) is 4.39 Å². The molecule has 0 aliphatic carbocycles. The summed E-state index contributed by atoms with van der Waals surface area (Å²) in [5.74, 6) is 1.03. The van der Waals surface area contributed by atoms with Gasteiger partial charge in [-0.1, -0.05) is 24.3 Å². The smallest absolute Gasteiger partial charge is 0.123 e. The molecule has 0 fully saturated rings. The molecule has 88 valence electrons. The van der Waals surface area contributed by atoms with Crippen LogP contribution >= 0.6 is 11.6 Å². The standard InChI is InChI=1S/C14H12ClFO/c15-9-10-17-14-7-3-12(4-8-14)11-1-5-13(16)6-2-11/h1-8H,9-10H2. The first-order chi connectivity index (χ1) is 8.29. The normalized spacial score (nSPS) is 10.2. The molecule has 0 bridgehead atoms. The van der Waals surface area contributed by atoms with Crippen LogP contribution in [0.25, 0.3) is 11.1 Å². The van der Waals surface area contributed by atoms with E-state index in [4.69, 9.17) is 16.3 Å². The van der Waals surface area contributed by atoms with Crippen LogP contribution in [0.1, 0.15) is 0 Å². The molecule has 2 rings (SSSR count). The summed E-state index contributed by atoms with van der Waals surface area (Å²) in [5, 5.41) is 0. The highest BCUT2D eigenvalue weighted by Gasteiger charge is 1.99. The minimum Gasteiger partial charge on any atom is -0.492 e. The fraction of sp³-hybridized carbons (Fsp3) is 0.143. The zero-order valence-electron chi connectivity index (χ0n) is 9.20. The van der Waals surface area contributed by atoms with Gasteiger partial charge in [0.05, 0.1) is 5.88 Å². The highest BCUT2D eigenvalue weighted by Crippen LogP contribution is 2.22. The van der Waals surface area contributed by atoms with Crippen LogP contribution < -0.4 is 4.74 Å². The monoisotopic (exact) mass is 250 g/mol. The zero-order chi connectivity index (χ0) is 12.1. The third kappa shape index (κ3) is 3.21. The van der Waals surface area contributed by atoms with Gasteiger partial charge in [-0.05, 0) is 35.4 Å². The van der Waals surface area contributed by atoms with Gasteiger partial charge in [-0.3, -0.25) is 0 Å². The Kier molecular flexibility index (Phi) is 3.99. The maximum atomic E-state index is 12.8. The summed E-state index contributed by atoms with van der Waals surface area (Å²) in [7, 11) is 0. The fourth-order valence-corrected chi connectivity index (χ4v) is 1.62. The van der Waals surface area contributed by atoms with E-state index >= 15 is 0 Å².